The predicted molar refractivity (Wildman–Crippen MR) is 109 cm³/mol. The van der Waals surface area contributed by atoms with Gasteiger partial charge in [0.2, 0.25) is 11.8 Å². The summed E-state index contributed by atoms with van der Waals surface area (Å²) in [6.45, 7) is 3.79. The minimum Gasteiger partial charge on any atom is -0.324 e. The quantitative estimate of drug-likeness (QED) is 0.746. The van der Waals surface area contributed by atoms with E-state index in [0.717, 1.165) is 10.5 Å². The van der Waals surface area contributed by atoms with Crippen molar-refractivity contribution in [1.29, 1.82) is 0 Å². The van der Waals surface area contributed by atoms with Gasteiger partial charge in [0.15, 0.2) is 9.84 Å². The summed E-state index contributed by atoms with van der Waals surface area (Å²) in [7, 11) is -3.63. The molecule has 0 bridgehead atoms. The fraction of sp³-hybridized carbons (Fsp3) is 0.316. The van der Waals surface area contributed by atoms with Gasteiger partial charge in [-0.3, -0.25) is 9.59 Å². The van der Waals surface area contributed by atoms with Crippen LogP contribution in [0.25, 0.3) is 0 Å². The second-order valence-corrected chi connectivity index (χ2v) is 9.85. The molecule has 0 radical (unpaired) electrons. The summed E-state index contributed by atoms with van der Waals surface area (Å²) in [5.74, 6) is -0.403. The molecule has 2 amide bonds. The number of sulfone groups is 1. The maximum atomic E-state index is 12.6. The molecule has 3 rings (SSSR count). The molecular weight excluding hydrogens is 398 g/mol. The number of rotatable bonds is 6. The Kier molecular flexibility index (Phi) is 6.04. The number of hydrogen-bond donors (Lipinski definition) is 2. The Morgan fingerprint density at radius 1 is 1.29 bits per heavy atom. The third-order valence-electron chi connectivity index (χ3n) is 4.28. The van der Waals surface area contributed by atoms with E-state index >= 15 is 0 Å². The number of anilines is 2. The Morgan fingerprint density at radius 3 is 2.75 bits per heavy atom. The lowest BCUT2D eigenvalue weighted by Gasteiger charge is -2.23. The van der Waals surface area contributed by atoms with Crippen molar-refractivity contribution in [2.24, 2.45) is 0 Å². The van der Waals surface area contributed by atoms with Crippen molar-refractivity contribution in [3.8, 4) is 0 Å². The van der Waals surface area contributed by atoms with Crippen LogP contribution in [-0.4, -0.2) is 36.2 Å². The van der Waals surface area contributed by atoms with Gasteiger partial charge in [0.1, 0.15) is 5.82 Å². The van der Waals surface area contributed by atoms with E-state index in [1.165, 1.54) is 17.8 Å². The van der Waals surface area contributed by atoms with Gasteiger partial charge in [0, 0.05) is 17.5 Å². The highest BCUT2D eigenvalue weighted by molar-refractivity contribution is 8.01. The molecule has 1 aliphatic heterocycles. The molecule has 1 unspecified atom stereocenters. The third kappa shape index (κ3) is 4.71. The van der Waals surface area contributed by atoms with E-state index in [9.17, 15) is 18.0 Å². The van der Waals surface area contributed by atoms with Crippen molar-refractivity contribution in [3.05, 3.63) is 42.1 Å². The molecule has 2 aromatic rings. The summed E-state index contributed by atoms with van der Waals surface area (Å²) in [4.78, 5) is 28.9. The summed E-state index contributed by atoms with van der Waals surface area (Å²) < 4.78 is 25.3. The number of aromatic nitrogens is 1. The van der Waals surface area contributed by atoms with Crippen LogP contribution in [0.1, 0.15) is 25.3 Å². The van der Waals surface area contributed by atoms with Gasteiger partial charge in [0.25, 0.3) is 0 Å². The zero-order valence-corrected chi connectivity index (χ0v) is 17.2. The van der Waals surface area contributed by atoms with Gasteiger partial charge >= 0.3 is 0 Å². The van der Waals surface area contributed by atoms with Crippen LogP contribution < -0.4 is 10.6 Å². The first-order valence-corrected chi connectivity index (χ1v) is 11.4. The molecule has 0 aliphatic carbocycles. The number of thioether (sulfide) groups is 1. The van der Waals surface area contributed by atoms with Gasteiger partial charge in [-0.25, -0.2) is 13.4 Å². The molecule has 1 aromatic heterocycles. The predicted octanol–water partition coefficient (Wildman–Crippen LogP) is 3.02. The number of carbonyl (C=O) groups is 2. The van der Waals surface area contributed by atoms with Crippen LogP contribution in [-0.2, 0) is 19.4 Å². The van der Waals surface area contributed by atoms with Crippen molar-refractivity contribution >= 4 is 44.9 Å². The standard InChI is InChI=1S/C19H21N3O4S2/c1-3-15-19(24)21-14-6-5-13(10-16(14)27-15)28(25,26)9-8-18(23)22-17-7-4-12(2)11-20-17/h4-7,10-11,15H,3,8-9H2,1-2H3,(H,21,24)(H,20,22,23). The van der Waals surface area contributed by atoms with Gasteiger partial charge < -0.3 is 10.6 Å². The van der Waals surface area contributed by atoms with E-state index in [-0.39, 0.29) is 28.2 Å². The van der Waals surface area contributed by atoms with Gasteiger partial charge in [-0.2, -0.15) is 0 Å². The zero-order valence-electron chi connectivity index (χ0n) is 15.6. The second-order valence-electron chi connectivity index (χ2n) is 6.50. The van der Waals surface area contributed by atoms with Crippen molar-refractivity contribution in [2.45, 2.75) is 41.7 Å². The highest BCUT2D eigenvalue weighted by Gasteiger charge is 2.27. The average Bonchev–Trinajstić information content (AvgIpc) is 2.67. The second kappa shape index (κ2) is 8.32. The van der Waals surface area contributed by atoms with Crippen LogP contribution >= 0.6 is 11.8 Å². The molecule has 0 saturated carbocycles. The fourth-order valence-electron chi connectivity index (χ4n) is 2.68. The van der Waals surface area contributed by atoms with Crippen LogP contribution in [0.2, 0.25) is 0 Å². The van der Waals surface area contributed by atoms with Crippen LogP contribution in [0, 0.1) is 6.92 Å². The molecule has 2 N–H and O–H groups in total. The van der Waals surface area contributed by atoms with E-state index < -0.39 is 15.7 Å². The largest absolute Gasteiger partial charge is 0.324 e. The van der Waals surface area contributed by atoms with Crippen molar-refractivity contribution < 1.29 is 18.0 Å². The summed E-state index contributed by atoms with van der Waals surface area (Å²) in [6, 6.07) is 8.10. The average molecular weight is 420 g/mol. The van der Waals surface area contributed by atoms with E-state index in [2.05, 4.69) is 15.6 Å². The molecule has 7 nitrogen and oxygen atoms in total. The molecular formula is C19H21N3O4S2. The molecule has 1 aliphatic rings. The number of pyridine rings is 1. The normalized spacial score (nSPS) is 16.2. The Balaban J connectivity index is 1.67. The van der Waals surface area contributed by atoms with E-state index in [0.29, 0.717) is 17.9 Å². The maximum absolute atomic E-state index is 12.6. The molecule has 2 heterocycles. The number of nitrogens with one attached hydrogen (secondary N) is 2. The minimum absolute atomic E-state index is 0.0722. The number of hydrogen-bond acceptors (Lipinski definition) is 6. The number of carbonyl (C=O) groups excluding carboxylic acids is 2. The Labute approximate surface area is 168 Å². The number of benzene rings is 1. The molecule has 0 fully saturated rings. The smallest absolute Gasteiger partial charge is 0.237 e. The van der Waals surface area contributed by atoms with E-state index in [1.807, 2.05) is 19.9 Å². The lowest BCUT2D eigenvalue weighted by atomic mass is 10.2. The van der Waals surface area contributed by atoms with E-state index in [4.69, 9.17) is 0 Å². The van der Waals surface area contributed by atoms with Crippen LogP contribution in [0.4, 0.5) is 11.5 Å². The lowest BCUT2D eigenvalue weighted by molar-refractivity contribution is -0.116. The van der Waals surface area contributed by atoms with Crippen LogP contribution in [0.3, 0.4) is 0 Å². The summed E-state index contributed by atoms with van der Waals surface area (Å²) in [5, 5.41) is 5.15. The number of amides is 2. The minimum atomic E-state index is -3.63. The highest BCUT2D eigenvalue weighted by Crippen LogP contribution is 2.38. The Hall–Kier alpha value is -2.39. The first kappa shape index (κ1) is 20.3. The molecule has 9 heteroatoms. The fourth-order valence-corrected chi connectivity index (χ4v) is 5.10. The van der Waals surface area contributed by atoms with Crippen LogP contribution in [0.5, 0.6) is 0 Å². The number of aryl methyl sites for hydroxylation is 1. The highest BCUT2D eigenvalue weighted by atomic mass is 32.2. The summed E-state index contributed by atoms with van der Waals surface area (Å²) in [6.07, 6.45) is 2.11. The van der Waals surface area contributed by atoms with Crippen molar-refractivity contribution in [3.63, 3.8) is 0 Å². The lowest BCUT2D eigenvalue weighted by Crippen LogP contribution is -2.28. The first-order chi connectivity index (χ1) is 13.3. The molecule has 28 heavy (non-hydrogen) atoms. The molecule has 0 saturated heterocycles. The first-order valence-electron chi connectivity index (χ1n) is 8.85. The Bertz CT molecular complexity index is 1000. The monoisotopic (exact) mass is 419 g/mol. The zero-order chi connectivity index (χ0) is 20.3. The molecule has 1 aromatic carbocycles. The Morgan fingerprint density at radius 2 is 2.07 bits per heavy atom. The van der Waals surface area contributed by atoms with Crippen LogP contribution in [0.15, 0.2) is 46.3 Å². The summed E-state index contributed by atoms with van der Waals surface area (Å²) >= 11 is 1.36. The molecule has 0 spiro atoms. The number of fused-ring (bicyclic) bond motifs is 1. The van der Waals surface area contributed by atoms with Crippen molar-refractivity contribution in [1.82, 2.24) is 4.98 Å². The SMILES string of the molecule is CCC1Sc2cc(S(=O)(=O)CCC(=O)Nc3ccc(C)cn3)ccc2NC1=O. The van der Waals surface area contributed by atoms with Gasteiger partial charge in [-0.1, -0.05) is 13.0 Å². The third-order valence-corrected chi connectivity index (χ3v) is 7.42. The van der Waals surface area contributed by atoms with E-state index in [1.54, 1.807) is 24.4 Å². The molecule has 1 atom stereocenters. The van der Waals surface area contributed by atoms with Gasteiger partial charge in [0.05, 0.1) is 21.6 Å². The topological polar surface area (TPSA) is 105 Å². The maximum Gasteiger partial charge on any atom is 0.237 e. The number of nitrogens with zero attached hydrogens (tertiary/aromatic N) is 1. The van der Waals surface area contributed by atoms with Gasteiger partial charge in [-0.15, -0.1) is 11.8 Å². The van der Waals surface area contributed by atoms with Gasteiger partial charge in [-0.05, 0) is 43.2 Å². The summed E-state index contributed by atoms with van der Waals surface area (Å²) in [5.41, 5.74) is 1.58. The van der Waals surface area contributed by atoms with Crippen molar-refractivity contribution in [2.75, 3.05) is 16.4 Å². The molecule has 148 valence electrons.